The molecule has 0 saturated heterocycles. The van der Waals surface area contributed by atoms with Gasteiger partial charge in [-0.1, -0.05) is 34.1 Å². The summed E-state index contributed by atoms with van der Waals surface area (Å²) in [4.78, 5) is 0. The number of benzene rings is 1. The summed E-state index contributed by atoms with van der Waals surface area (Å²) in [5, 5.41) is 0. The molecule has 0 fully saturated rings. The van der Waals surface area contributed by atoms with Crippen molar-refractivity contribution in [2.45, 2.75) is 12.8 Å². The zero-order chi connectivity index (χ0) is 12.9. The van der Waals surface area contributed by atoms with Crippen LogP contribution in [0.25, 0.3) is 0 Å². The van der Waals surface area contributed by atoms with E-state index in [1.807, 2.05) is 12.1 Å². The van der Waals surface area contributed by atoms with Crippen LogP contribution in [0.4, 0.5) is 13.2 Å². The Labute approximate surface area is 106 Å². The first-order valence-electron chi connectivity index (χ1n) is 5.03. The number of hydrogen-bond donors (Lipinski definition) is 1. The van der Waals surface area contributed by atoms with Gasteiger partial charge < -0.3 is 10.5 Å². The van der Waals surface area contributed by atoms with Crippen LogP contribution in [0.1, 0.15) is 5.56 Å². The van der Waals surface area contributed by atoms with E-state index in [1.54, 1.807) is 12.1 Å². The molecule has 17 heavy (non-hydrogen) atoms. The van der Waals surface area contributed by atoms with Crippen molar-refractivity contribution in [1.29, 1.82) is 0 Å². The number of ether oxygens (including phenoxy) is 1. The molecule has 0 spiro atoms. The van der Waals surface area contributed by atoms with E-state index in [0.29, 0.717) is 0 Å². The minimum absolute atomic E-state index is 0.133. The van der Waals surface area contributed by atoms with Gasteiger partial charge in [-0.3, -0.25) is 0 Å². The maximum Gasteiger partial charge on any atom is 0.395 e. The van der Waals surface area contributed by atoms with Crippen LogP contribution in [0, 0.1) is 5.92 Å². The van der Waals surface area contributed by atoms with Crippen LogP contribution in [0.5, 0.6) is 0 Å². The Hall–Kier alpha value is -0.590. The van der Waals surface area contributed by atoms with Gasteiger partial charge in [0.1, 0.15) is 0 Å². The molecule has 0 amide bonds. The van der Waals surface area contributed by atoms with Crippen molar-refractivity contribution in [3.05, 3.63) is 34.3 Å². The topological polar surface area (TPSA) is 35.2 Å². The summed E-state index contributed by atoms with van der Waals surface area (Å²) in [6.45, 7) is -0.741. The Morgan fingerprint density at radius 2 is 1.94 bits per heavy atom. The number of alkyl halides is 3. The first-order valence-corrected chi connectivity index (χ1v) is 5.82. The normalized spacial score (nSPS) is 13.7. The average molecular weight is 312 g/mol. The van der Waals surface area contributed by atoms with Gasteiger partial charge in [0.05, 0.1) is 19.1 Å². The summed E-state index contributed by atoms with van der Waals surface area (Å²) in [6, 6.07) is 7.22. The highest BCUT2D eigenvalue weighted by Crippen LogP contribution is 2.26. The van der Waals surface area contributed by atoms with E-state index >= 15 is 0 Å². The lowest BCUT2D eigenvalue weighted by molar-refractivity contribution is -0.186. The average Bonchev–Trinajstić information content (AvgIpc) is 2.25. The van der Waals surface area contributed by atoms with Crippen LogP contribution in [-0.2, 0) is 11.3 Å². The number of rotatable bonds is 5. The van der Waals surface area contributed by atoms with Gasteiger partial charge in [-0.15, -0.1) is 0 Å². The molecular formula is C11H13BrF3NO. The second-order valence-electron chi connectivity index (χ2n) is 3.58. The van der Waals surface area contributed by atoms with Crippen LogP contribution in [0.3, 0.4) is 0 Å². The highest BCUT2D eigenvalue weighted by Gasteiger charge is 2.38. The Morgan fingerprint density at radius 3 is 2.47 bits per heavy atom. The van der Waals surface area contributed by atoms with E-state index in [-0.39, 0.29) is 6.61 Å². The molecule has 1 atom stereocenters. The van der Waals surface area contributed by atoms with Crippen molar-refractivity contribution >= 4 is 15.9 Å². The van der Waals surface area contributed by atoms with E-state index in [1.165, 1.54) is 0 Å². The van der Waals surface area contributed by atoms with Gasteiger partial charge in [0.25, 0.3) is 0 Å². The lowest BCUT2D eigenvalue weighted by Crippen LogP contribution is -2.33. The summed E-state index contributed by atoms with van der Waals surface area (Å²) in [6.07, 6.45) is -4.30. The van der Waals surface area contributed by atoms with Crippen molar-refractivity contribution in [2.75, 3.05) is 13.2 Å². The van der Waals surface area contributed by atoms with Crippen LogP contribution in [0.2, 0.25) is 0 Å². The van der Waals surface area contributed by atoms with Gasteiger partial charge in [-0.05, 0) is 11.6 Å². The highest BCUT2D eigenvalue weighted by atomic mass is 79.9. The fraction of sp³-hybridized carbons (Fsp3) is 0.455. The molecular weight excluding hydrogens is 299 g/mol. The van der Waals surface area contributed by atoms with Gasteiger partial charge in [-0.25, -0.2) is 0 Å². The molecule has 0 aromatic heterocycles. The molecule has 96 valence electrons. The second-order valence-corrected chi connectivity index (χ2v) is 4.44. The molecule has 0 radical (unpaired) electrons. The molecule has 1 aromatic rings. The third-order valence-electron chi connectivity index (χ3n) is 2.28. The molecule has 0 aliphatic carbocycles. The molecule has 2 nitrogen and oxygen atoms in total. The molecule has 2 N–H and O–H groups in total. The Bertz CT molecular complexity index is 357. The van der Waals surface area contributed by atoms with Crippen molar-refractivity contribution in [3.63, 3.8) is 0 Å². The molecule has 1 rings (SSSR count). The molecule has 0 bridgehead atoms. The zero-order valence-corrected chi connectivity index (χ0v) is 10.6. The lowest BCUT2D eigenvalue weighted by atomic mass is 10.1. The van der Waals surface area contributed by atoms with Gasteiger partial charge in [-0.2, -0.15) is 13.2 Å². The first kappa shape index (κ1) is 14.5. The maximum atomic E-state index is 12.4. The van der Waals surface area contributed by atoms with Crippen molar-refractivity contribution in [1.82, 2.24) is 0 Å². The Balaban J connectivity index is 2.45. The summed E-state index contributed by atoms with van der Waals surface area (Å²) in [5.74, 6) is -1.61. The second kappa shape index (κ2) is 6.37. The van der Waals surface area contributed by atoms with E-state index in [9.17, 15) is 13.2 Å². The standard InChI is InChI=1S/C11H13BrF3NO/c12-10-4-2-1-3-8(10)6-17-7-9(5-16)11(13,14)15/h1-4,9H,5-7,16H2. The summed E-state index contributed by atoms with van der Waals surface area (Å²) >= 11 is 3.29. The summed E-state index contributed by atoms with van der Waals surface area (Å²) < 4.78 is 42.9. The van der Waals surface area contributed by atoms with E-state index in [0.717, 1.165) is 10.0 Å². The summed E-state index contributed by atoms with van der Waals surface area (Å²) in [7, 11) is 0. The molecule has 0 aliphatic heterocycles. The SMILES string of the molecule is NCC(COCc1ccccc1Br)C(F)(F)F. The van der Waals surface area contributed by atoms with Crippen LogP contribution in [-0.4, -0.2) is 19.3 Å². The highest BCUT2D eigenvalue weighted by molar-refractivity contribution is 9.10. The van der Waals surface area contributed by atoms with Gasteiger partial charge >= 0.3 is 6.18 Å². The molecule has 0 saturated carbocycles. The minimum atomic E-state index is -4.30. The number of hydrogen-bond acceptors (Lipinski definition) is 2. The predicted octanol–water partition coefficient (Wildman–Crippen LogP) is 3.10. The van der Waals surface area contributed by atoms with E-state index in [2.05, 4.69) is 15.9 Å². The summed E-state index contributed by atoms with van der Waals surface area (Å²) in [5.41, 5.74) is 5.87. The van der Waals surface area contributed by atoms with Crippen molar-refractivity contribution in [2.24, 2.45) is 11.7 Å². The van der Waals surface area contributed by atoms with Crippen molar-refractivity contribution in [3.8, 4) is 0 Å². The molecule has 0 aliphatic rings. The first-order chi connectivity index (χ1) is 7.95. The van der Waals surface area contributed by atoms with Crippen LogP contribution < -0.4 is 5.73 Å². The number of nitrogens with two attached hydrogens (primary N) is 1. The fourth-order valence-corrected chi connectivity index (χ4v) is 1.62. The molecule has 6 heteroatoms. The molecule has 1 aromatic carbocycles. The smallest absolute Gasteiger partial charge is 0.376 e. The zero-order valence-electron chi connectivity index (χ0n) is 9.01. The molecule has 0 heterocycles. The maximum absolute atomic E-state index is 12.4. The van der Waals surface area contributed by atoms with Gasteiger partial charge in [0.15, 0.2) is 0 Å². The third-order valence-corrected chi connectivity index (χ3v) is 3.06. The van der Waals surface area contributed by atoms with Crippen LogP contribution in [0.15, 0.2) is 28.7 Å². The Morgan fingerprint density at radius 1 is 1.29 bits per heavy atom. The number of halogens is 4. The predicted molar refractivity (Wildman–Crippen MR) is 62.4 cm³/mol. The van der Waals surface area contributed by atoms with Crippen LogP contribution >= 0.6 is 15.9 Å². The monoisotopic (exact) mass is 311 g/mol. The largest absolute Gasteiger partial charge is 0.395 e. The lowest BCUT2D eigenvalue weighted by Gasteiger charge is -2.18. The fourth-order valence-electron chi connectivity index (χ4n) is 1.22. The third kappa shape index (κ3) is 4.65. The quantitative estimate of drug-likeness (QED) is 0.907. The van der Waals surface area contributed by atoms with Gasteiger partial charge in [0.2, 0.25) is 0 Å². The minimum Gasteiger partial charge on any atom is -0.376 e. The van der Waals surface area contributed by atoms with Crippen molar-refractivity contribution < 1.29 is 17.9 Å². The Kier molecular flexibility index (Phi) is 5.42. The molecule has 1 unspecified atom stereocenters. The van der Waals surface area contributed by atoms with E-state index < -0.39 is 25.2 Å². The van der Waals surface area contributed by atoms with Gasteiger partial charge in [0, 0.05) is 11.0 Å². The van der Waals surface area contributed by atoms with E-state index in [4.69, 9.17) is 10.5 Å².